The highest BCUT2D eigenvalue weighted by atomic mass is 16.5. The van der Waals surface area contributed by atoms with Crippen molar-refractivity contribution in [3.8, 4) is 5.75 Å². The molecular weight excluding hydrogens is 462 g/mol. The fourth-order valence-corrected chi connectivity index (χ4v) is 3.99. The van der Waals surface area contributed by atoms with E-state index in [2.05, 4.69) is 20.4 Å². The maximum Gasteiger partial charge on any atom is 0.298 e. The molecule has 0 radical (unpaired) electrons. The molecule has 1 saturated heterocycles. The second-order valence-corrected chi connectivity index (χ2v) is 9.66. The molecule has 0 unspecified atom stereocenters. The number of hydrogen-bond acceptors (Lipinski definition) is 9. The first-order valence-electron chi connectivity index (χ1n) is 11.7. The van der Waals surface area contributed by atoms with E-state index in [0.717, 1.165) is 16.9 Å². The van der Waals surface area contributed by atoms with Gasteiger partial charge in [-0.2, -0.15) is 10.1 Å². The molecule has 188 valence electrons. The fraction of sp³-hybridized carbons (Fsp3) is 0.360. The molecule has 11 nitrogen and oxygen atoms in total. The average Bonchev–Trinajstić information content (AvgIpc) is 3.37. The number of carbonyl (C=O) groups is 1. The number of pyridine rings is 1. The molecule has 1 aliphatic heterocycles. The van der Waals surface area contributed by atoms with Gasteiger partial charge in [0, 0.05) is 50.4 Å². The van der Waals surface area contributed by atoms with Crippen LogP contribution in [-0.2, 0) is 7.05 Å². The summed E-state index contributed by atoms with van der Waals surface area (Å²) >= 11 is 0. The van der Waals surface area contributed by atoms with E-state index < -0.39 is 11.5 Å². The average molecular weight is 492 g/mol. The van der Waals surface area contributed by atoms with Gasteiger partial charge in [-0.25, -0.2) is 4.98 Å². The summed E-state index contributed by atoms with van der Waals surface area (Å²) < 4.78 is 13.4. The first-order valence-corrected chi connectivity index (χ1v) is 11.7. The van der Waals surface area contributed by atoms with E-state index >= 15 is 0 Å². The Morgan fingerprint density at radius 2 is 2.08 bits per heavy atom. The highest BCUT2D eigenvalue weighted by Gasteiger charge is 2.33. The van der Waals surface area contributed by atoms with Crippen LogP contribution in [0.5, 0.6) is 5.75 Å². The van der Waals surface area contributed by atoms with E-state index in [-0.39, 0.29) is 11.6 Å². The van der Waals surface area contributed by atoms with Gasteiger partial charge in [-0.1, -0.05) is 0 Å². The zero-order valence-electron chi connectivity index (χ0n) is 20.4. The second kappa shape index (κ2) is 9.15. The Hall–Kier alpha value is -4.12. The number of fused-ring (bicyclic) bond motifs is 1. The number of carbonyl (C=O) groups excluding carboxylic acids is 1. The normalized spacial score (nSPS) is 14.2. The smallest absolute Gasteiger partial charge is 0.298 e. The van der Waals surface area contributed by atoms with Crippen molar-refractivity contribution in [2.45, 2.75) is 31.8 Å². The van der Waals surface area contributed by atoms with Gasteiger partial charge >= 0.3 is 0 Å². The van der Waals surface area contributed by atoms with Crippen LogP contribution in [0.4, 0.5) is 17.4 Å². The molecule has 0 saturated carbocycles. The van der Waals surface area contributed by atoms with Crippen molar-refractivity contribution in [1.29, 1.82) is 0 Å². The van der Waals surface area contributed by atoms with Crippen LogP contribution in [0.3, 0.4) is 0 Å². The molecule has 1 amide bonds. The Kier molecular flexibility index (Phi) is 6.00. The summed E-state index contributed by atoms with van der Waals surface area (Å²) in [5, 5.41) is 17.1. The maximum atomic E-state index is 12.1. The van der Waals surface area contributed by atoms with E-state index in [9.17, 15) is 9.90 Å². The van der Waals surface area contributed by atoms with Gasteiger partial charge in [-0.3, -0.25) is 9.48 Å². The summed E-state index contributed by atoms with van der Waals surface area (Å²) in [6.45, 7) is 5.21. The lowest BCUT2D eigenvalue weighted by atomic mass is 9.96. The SMILES string of the molecule is Cn1cc(Nc2ccc(C3CN(c4nc5ccc(OCCC(C)(C)O)cc5o4)C3)nc2C(N)=O)cn1. The zero-order valence-corrected chi connectivity index (χ0v) is 20.4. The standard InChI is InChI=1S/C25H29N7O4/c1-25(2,34)8-9-35-17-4-5-19-21(10-17)36-24(30-19)32-12-15(13-32)18-6-7-20(22(29-18)23(26)33)28-16-11-27-31(3)14-16/h4-7,10-11,14-15,28,34H,8-9,12-13H2,1-3H3,(H2,26,33). The van der Waals surface area contributed by atoms with Crippen LogP contribution in [0, 0.1) is 0 Å². The highest BCUT2D eigenvalue weighted by Crippen LogP contribution is 2.34. The first-order chi connectivity index (χ1) is 17.1. The third-order valence-electron chi connectivity index (χ3n) is 6.04. The number of hydrogen-bond donors (Lipinski definition) is 3. The number of nitrogens with one attached hydrogen (secondary N) is 1. The minimum absolute atomic E-state index is 0.117. The van der Waals surface area contributed by atoms with Crippen molar-refractivity contribution < 1.29 is 19.1 Å². The van der Waals surface area contributed by atoms with Gasteiger partial charge in [-0.05, 0) is 38.1 Å². The Morgan fingerprint density at radius 1 is 1.28 bits per heavy atom. The Labute approximate surface area is 207 Å². The number of aryl methyl sites for hydroxylation is 1. The predicted octanol–water partition coefficient (Wildman–Crippen LogP) is 2.94. The lowest BCUT2D eigenvalue weighted by molar-refractivity contribution is 0.0553. The molecule has 36 heavy (non-hydrogen) atoms. The second-order valence-electron chi connectivity index (χ2n) is 9.66. The van der Waals surface area contributed by atoms with Crippen LogP contribution in [0.15, 0.2) is 47.1 Å². The van der Waals surface area contributed by atoms with Crippen molar-refractivity contribution in [1.82, 2.24) is 19.7 Å². The largest absolute Gasteiger partial charge is 0.493 e. The van der Waals surface area contributed by atoms with Gasteiger partial charge in [0.1, 0.15) is 11.3 Å². The summed E-state index contributed by atoms with van der Waals surface area (Å²) in [6.07, 6.45) is 3.98. The number of nitrogens with two attached hydrogens (primary N) is 1. The van der Waals surface area contributed by atoms with Gasteiger partial charge in [0.15, 0.2) is 11.3 Å². The van der Waals surface area contributed by atoms with Crippen LogP contribution < -0.4 is 20.7 Å². The summed E-state index contributed by atoms with van der Waals surface area (Å²) in [5.74, 6) is 0.185. The van der Waals surface area contributed by atoms with E-state index in [1.54, 1.807) is 30.9 Å². The lowest BCUT2D eigenvalue weighted by Crippen LogP contribution is -2.45. The maximum absolute atomic E-state index is 12.1. The van der Waals surface area contributed by atoms with Gasteiger partial charge < -0.3 is 30.2 Å². The van der Waals surface area contributed by atoms with Gasteiger partial charge in [0.25, 0.3) is 11.9 Å². The van der Waals surface area contributed by atoms with E-state index in [0.29, 0.717) is 49.2 Å². The minimum Gasteiger partial charge on any atom is -0.493 e. The van der Waals surface area contributed by atoms with E-state index in [4.69, 9.17) is 14.9 Å². The highest BCUT2D eigenvalue weighted by molar-refractivity contribution is 5.97. The van der Waals surface area contributed by atoms with Crippen molar-refractivity contribution >= 4 is 34.4 Å². The first kappa shape index (κ1) is 23.6. The van der Waals surface area contributed by atoms with Crippen LogP contribution in [0.25, 0.3) is 11.1 Å². The Morgan fingerprint density at radius 3 is 2.78 bits per heavy atom. The number of nitrogens with zero attached hydrogens (tertiary/aromatic N) is 5. The summed E-state index contributed by atoms with van der Waals surface area (Å²) in [7, 11) is 1.81. The molecule has 0 spiro atoms. The molecule has 11 heteroatoms. The van der Waals surface area contributed by atoms with Gasteiger partial charge in [-0.15, -0.1) is 0 Å². The number of ether oxygens (including phenoxy) is 1. The molecule has 4 aromatic rings. The van der Waals surface area contributed by atoms with Crippen molar-refractivity contribution in [2.24, 2.45) is 12.8 Å². The van der Waals surface area contributed by atoms with Gasteiger partial charge in [0.2, 0.25) is 0 Å². The van der Waals surface area contributed by atoms with Gasteiger partial charge in [0.05, 0.1) is 29.8 Å². The summed E-state index contributed by atoms with van der Waals surface area (Å²) in [5.41, 5.74) is 8.46. The number of amides is 1. The minimum atomic E-state index is -0.777. The molecule has 0 atom stereocenters. The number of aliphatic hydroxyl groups is 1. The lowest BCUT2D eigenvalue weighted by Gasteiger charge is -2.37. The molecule has 3 aromatic heterocycles. The Bertz CT molecular complexity index is 1400. The molecule has 1 fully saturated rings. The molecule has 1 aromatic carbocycles. The number of oxazole rings is 1. The zero-order chi connectivity index (χ0) is 25.4. The molecule has 1 aliphatic rings. The third-order valence-corrected chi connectivity index (χ3v) is 6.04. The number of aromatic nitrogens is 4. The number of benzene rings is 1. The number of rotatable bonds is 9. The summed E-state index contributed by atoms with van der Waals surface area (Å²) in [6, 6.07) is 9.75. The predicted molar refractivity (Wildman–Crippen MR) is 135 cm³/mol. The van der Waals surface area contributed by atoms with Crippen LogP contribution in [-0.4, -0.2) is 56.1 Å². The molecule has 4 N–H and O–H groups in total. The van der Waals surface area contributed by atoms with E-state index in [1.165, 1.54) is 0 Å². The summed E-state index contributed by atoms with van der Waals surface area (Å²) in [4.78, 5) is 23.2. The number of anilines is 3. The van der Waals surface area contributed by atoms with Crippen LogP contribution in [0.1, 0.15) is 42.4 Å². The van der Waals surface area contributed by atoms with Crippen LogP contribution in [0.2, 0.25) is 0 Å². The quantitative estimate of drug-likeness (QED) is 0.322. The topological polar surface area (TPSA) is 145 Å². The molecular formula is C25H29N7O4. The molecule has 0 bridgehead atoms. The van der Waals surface area contributed by atoms with Crippen molar-refractivity contribution in [3.63, 3.8) is 0 Å². The van der Waals surface area contributed by atoms with Crippen molar-refractivity contribution in [3.05, 3.63) is 54.1 Å². The monoisotopic (exact) mass is 491 g/mol. The third kappa shape index (κ3) is 5.10. The van der Waals surface area contributed by atoms with E-state index in [1.807, 2.05) is 42.3 Å². The molecule has 4 heterocycles. The van der Waals surface area contributed by atoms with Crippen LogP contribution >= 0.6 is 0 Å². The fourth-order valence-electron chi connectivity index (χ4n) is 3.99. The molecule has 5 rings (SSSR count). The number of primary amides is 1. The Balaban J connectivity index is 1.24. The van der Waals surface area contributed by atoms with Crippen molar-refractivity contribution in [2.75, 3.05) is 29.9 Å². The molecule has 0 aliphatic carbocycles.